The molecule has 0 aromatic heterocycles. The number of nitrogens with zero attached hydrogens (tertiary/aromatic N) is 3. The molecule has 1 heterocycles. The van der Waals surface area contributed by atoms with Crippen molar-refractivity contribution in [3.8, 4) is 72.8 Å². The summed E-state index contributed by atoms with van der Waals surface area (Å²) in [5.41, 5.74) is 16.9. The molecule has 0 amide bonds. The van der Waals surface area contributed by atoms with Crippen LogP contribution in [0.5, 0.6) is 0 Å². The highest BCUT2D eigenvalue weighted by atomic mass is 15.2. The van der Waals surface area contributed by atoms with Gasteiger partial charge in [0.1, 0.15) is 12.0 Å². The van der Waals surface area contributed by atoms with E-state index in [0.717, 1.165) is 55.9 Å². The fourth-order valence-corrected chi connectivity index (χ4v) is 9.80. The van der Waals surface area contributed by atoms with E-state index < -0.39 is 6.17 Å². The molecule has 0 saturated heterocycles. The van der Waals surface area contributed by atoms with E-state index in [9.17, 15) is 5.26 Å². The number of hydrogen-bond acceptors (Lipinski definition) is 4. The first-order chi connectivity index (χ1) is 31.7. The molecule has 0 spiro atoms. The Bertz CT molecular complexity index is 3580. The van der Waals surface area contributed by atoms with Gasteiger partial charge in [0.2, 0.25) is 0 Å². The topological polar surface area (TPSA) is 60.5 Å². The third-order valence-electron chi connectivity index (χ3n) is 12.8. The lowest BCUT2D eigenvalue weighted by Crippen LogP contribution is -2.33. The largest absolute Gasteiger partial charge is 0.344 e. The number of hydrogen-bond donors (Lipinski definition) is 1. The number of benzene rings is 10. The van der Waals surface area contributed by atoms with Gasteiger partial charge >= 0.3 is 0 Å². The third-order valence-corrected chi connectivity index (χ3v) is 12.8. The lowest BCUT2D eigenvalue weighted by Gasteiger charge is -2.25. The molecule has 0 radical (unpaired) electrons. The average molecular weight is 815 g/mol. The van der Waals surface area contributed by atoms with Crippen molar-refractivity contribution in [2.24, 2.45) is 9.98 Å². The normalized spacial score (nSPS) is 13.8. The van der Waals surface area contributed by atoms with Crippen molar-refractivity contribution in [1.82, 2.24) is 5.32 Å². The molecule has 4 nitrogen and oxygen atoms in total. The number of aliphatic imine (C=N–C) groups is 2. The van der Waals surface area contributed by atoms with Crippen LogP contribution in [0.3, 0.4) is 0 Å². The molecule has 1 N–H and O–H groups in total. The molecule has 1 atom stereocenters. The zero-order valence-corrected chi connectivity index (χ0v) is 34.7. The fourth-order valence-electron chi connectivity index (χ4n) is 9.80. The second-order valence-corrected chi connectivity index (χ2v) is 16.4. The molecule has 0 fully saturated rings. The van der Waals surface area contributed by atoms with Crippen LogP contribution >= 0.6 is 0 Å². The molecule has 0 bridgehead atoms. The van der Waals surface area contributed by atoms with Gasteiger partial charge in [-0.25, -0.2) is 9.98 Å². The van der Waals surface area contributed by atoms with Crippen LogP contribution in [-0.4, -0.2) is 11.7 Å². The van der Waals surface area contributed by atoms with E-state index in [2.05, 4.69) is 193 Å². The first-order valence-corrected chi connectivity index (χ1v) is 21.7. The number of rotatable bonds is 7. The van der Waals surface area contributed by atoms with Gasteiger partial charge < -0.3 is 5.32 Å². The Morgan fingerprint density at radius 3 is 1.72 bits per heavy atom. The van der Waals surface area contributed by atoms with Gasteiger partial charge in [-0.1, -0.05) is 206 Å². The quantitative estimate of drug-likeness (QED) is 0.174. The van der Waals surface area contributed by atoms with Crippen LogP contribution in [0.25, 0.3) is 88.3 Å². The van der Waals surface area contributed by atoms with Crippen LogP contribution in [-0.2, 0) is 0 Å². The Kier molecular flexibility index (Phi) is 8.91. The molecule has 0 saturated carbocycles. The van der Waals surface area contributed by atoms with Crippen LogP contribution in [0.2, 0.25) is 0 Å². The van der Waals surface area contributed by atoms with Crippen molar-refractivity contribution < 1.29 is 0 Å². The van der Waals surface area contributed by atoms with Crippen LogP contribution in [0.1, 0.15) is 28.4 Å². The van der Waals surface area contributed by atoms with E-state index >= 15 is 0 Å². The smallest absolute Gasteiger partial charge is 0.160 e. The van der Waals surface area contributed by atoms with Crippen molar-refractivity contribution in [3.05, 3.63) is 241 Å². The van der Waals surface area contributed by atoms with Crippen LogP contribution < -0.4 is 5.32 Å². The number of amidine groups is 2. The van der Waals surface area contributed by atoms with E-state index in [4.69, 9.17) is 9.98 Å². The monoisotopic (exact) mass is 814 g/mol. The molecule has 1 aliphatic heterocycles. The van der Waals surface area contributed by atoms with Gasteiger partial charge in [0, 0.05) is 16.7 Å². The maximum atomic E-state index is 10.9. The second-order valence-electron chi connectivity index (χ2n) is 16.4. The molecule has 10 aromatic carbocycles. The van der Waals surface area contributed by atoms with Gasteiger partial charge in [-0.15, -0.1) is 0 Å². The van der Waals surface area contributed by atoms with E-state index in [1.54, 1.807) is 0 Å². The van der Waals surface area contributed by atoms with E-state index in [0.29, 0.717) is 11.4 Å². The highest BCUT2D eigenvalue weighted by Crippen LogP contribution is 2.50. The number of fused-ring (bicyclic) bond motifs is 4. The van der Waals surface area contributed by atoms with Crippen LogP contribution in [0.15, 0.2) is 228 Å². The molecule has 10 aromatic rings. The van der Waals surface area contributed by atoms with E-state index in [1.165, 1.54) is 54.9 Å². The van der Waals surface area contributed by atoms with Crippen LogP contribution in [0, 0.1) is 11.3 Å². The lowest BCUT2D eigenvalue weighted by molar-refractivity contribution is 0.674. The second kappa shape index (κ2) is 15.4. The summed E-state index contributed by atoms with van der Waals surface area (Å²) in [5, 5.41) is 19.5. The predicted octanol–water partition coefficient (Wildman–Crippen LogP) is 14.7. The SMILES string of the molecule is N#Cc1cc(-c2ccccc2-c2ccc3c4c(cccc24)-c2ccccc2-3)ccc1-c1ccccc1C1=NC(c2cccc(-c3cccc4ccccc34)c2)NC(c2ccccc2)=N1. The minimum Gasteiger partial charge on any atom is -0.344 e. The van der Waals surface area contributed by atoms with E-state index in [1.807, 2.05) is 36.4 Å². The van der Waals surface area contributed by atoms with Gasteiger partial charge in [-0.05, 0) is 100 Å². The average Bonchev–Trinajstić information content (AvgIpc) is 3.70. The molecular formula is C60H38N4. The predicted molar refractivity (Wildman–Crippen MR) is 264 cm³/mol. The highest BCUT2D eigenvalue weighted by Gasteiger charge is 2.26. The van der Waals surface area contributed by atoms with Crippen molar-refractivity contribution >= 4 is 33.2 Å². The van der Waals surface area contributed by atoms with Crippen molar-refractivity contribution in [2.45, 2.75) is 6.17 Å². The maximum absolute atomic E-state index is 10.9. The summed E-state index contributed by atoms with van der Waals surface area (Å²) in [7, 11) is 0. The highest BCUT2D eigenvalue weighted by molar-refractivity contribution is 6.19. The molecule has 4 heteroatoms. The minimum absolute atomic E-state index is 0.417. The molecular weight excluding hydrogens is 777 g/mol. The van der Waals surface area contributed by atoms with Gasteiger partial charge in [0.25, 0.3) is 0 Å². The molecule has 298 valence electrons. The zero-order valence-electron chi connectivity index (χ0n) is 34.7. The lowest BCUT2D eigenvalue weighted by atomic mass is 9.87. The third kappa shape index (κ3) is 6.22. The zero-order chi connectivity index (χ0) is 42.6. The summed E-state index contributed by atoms with van der Waals surface area (Å²) in [4.78, 5) is 10.5. The van der Waals surface area contributed by atoms with Crippen molar-refractivity contribution in [3.63, 3.8) is 0 Å². The fraction of sp³-hybridized carbons (Fsp3) is 0.0167. The Labute approximate surface area is 371 Å². The standard InChI is InChI=1S/C60H38N4/c61-37-43-36-41(46-22-6-7-23-48(46)52-33-34-55-51-26-9-8-25-50(51)53-29-14-30-54(52)57(53)55)31-32-47(43)49-24-10-11-27-56(49)60-63-58(39-16-2-1-3-17-39)62-59(64-60)42-20-12-19-40(35-42)45-28-13-18-38-15-4-5-21-44(38)45/h1-36,59H,(H,62,63,64). The van der Waals surface area contributed by atoms with Gasteiger partial charge in [0.05, 0.1) is 11.6 Å². The van der Waals surface area contributed by atoms with Gasteiger partial charge in [-0.2, -0.15) is 5.26 Å². The number of nitrogens with one attached hydrogen (secondary N) is 1. The molecule has 12 rings (SSSR count). The molecule has 2 aliphatic rings. The minimum atomic E-state index is -0.417. The molecule has 64 heavy (non-hydrogen) atoms. The summed E-state index contributed by atoms with van der Waals surface area (Å²) in [6.45, 7) is 0. The molecule has 1 unspecified atom stereocenters. The number of nitriles is 1. The van der Waals surface area contributed by atoms with Crippen LogP contribution in [0.4, 0.5) is 0 Å². The maximum Gasteiger partial charge on any atom is 0.160 e. The summed E-state index contributed by atoms with van der Waals surface area (Å²) in [6, 6.07) is 79.2. The van der Waals surface area contributed by atoms with Crippen molar-refractivity contribution in [2.75, 3.05) is 0 Å². The summed E-state index contributed by atoms with van der Waals surface area (Å²) >= 11 is 0. The molecule has 1 aliphatic carbocycles. The summed E-state index contributed by atoms with van der Waals surface area (Å²) in [6.07, 6.45) is -0.417. The van der Waals surface area contributed by atoms with E-state index in [-0.39, 0.29) is 0 Å². The van der Waals surface area contributed by atoms with Gasteiger partial charge in [-0.3, -0.25) is 0 Å². The first kappa shape index (κ1) is 37.1. The Balaban J connectivity index is 0.951. The first-order valence-electron chi connectivity index (χ1n) is 21.7. The summed E-state index contributed by atoms with van der Waals surface area (Å²) in [5.74, 6) is 1.33. The Hall–Kier alpha value is -8.65. The van der Waals surface area contributed by atoms with Gasteiger partial charge in [0.15, 0.2) is 5.84 Å². The summed E-state index contributed by atoms with van der Waals surface area (Å²) < 4.78 is 0. The Morgan fingerprint density at radius 1 is 0.391 bits per heavy atom. The van der Waals surface area contributed by atoms with Crippen molar-refractivity contribution in [1.29, 1.82) is 5.26 Å². The Morgan fingerprint density at radius 2 is 0.922 bits per heavy atom.